The second-order valence-electron chi connectivity index (χ2n) is 7.30. The average molecular weight is 417 g/mol. The standard InChI is InChI=1S/C22H28N2O4S/c1-28-21-11-5-10-20(17-21)23-22(25)19-12-14-24(15-13-19)29(26,27)16-6-9-18-7-3-2-4-8-18/h2-5,7-8,10-11,17,19H,6,9,12-16H2,1H3,(H,23,25). The van der Waals surface area contributed by atoms with Gasteiger partial charge in [-0.25, -0.2) is 12.7 Å². The summed E-state index contributed by atoms with van der Waals surface area (Å²) in [6.07, 6.45) is 2.42. The van der Waals surface area contributed by atoms with Crippen LogP contribution in [0, 0.1) is 5.92 Å². The molecule has 29 heavy (non-hydrogen) atoms. The lowest BCUT2D eigenvalue weighted by Crippen LogP contribution is -2.42. The van der Waals surface area contributed by atoms with Crippen LogP contribution in [0.25, 0.3) is 0 Å². The molecule has 0 aromatic heterocycles. The van der Waals surface area contributed by atoms with Crippen molar-refractivity contribution in [3.63, 3.8) is 0 Å². The highest BCUT2D eigenvalue weighted by atomic mass is 32.2. The molecule has 1 heterocycles. The van der Waals surface area contributed by atoms with Crippen molar-refractivity contribution in [2.24, 2.45) is 5.92 Å². The fraction of sp³-hybridized carbons (Fsp3) is 0.409. The van der Waals surface area contributed by atoms with Crippen LogP contribution >= 0.6 is 0 Å². The van der Waals surface area contributed by atoms with Crippen LogP contribution in [0.15, 0.2) is 54.6 Å². The topological polar surface area (TPSA) is 75.7 Å². The molecule has 0 spiro atoms. The molecule has 0 atom stereocenters. The van der Waals surface area contributed by atoms with Crippen LogP contribution < -0.4 is 10.1 Å². The van der Waals surface area contributed by atoms with E-state index in [1.54, 1.807) is 13.2 Å². The lowest BCUT2D eigenvalue weighted by atomic mass is 9.97. The van der Waals surface area contributed by atoms with E-state index < -0.39 is 10.0 Å². The number of sulfonamides is 1. The van der Waals surface area contributed by atoms with Gasteiger partial charge in [0.15, 0.2) is 0 Å². The molecule has 6 nitrogen and oxygen atoms in total. The molecule has 1 N–H and O–H groups in total. The van der Waals surface area contributed by atoms with Crippen molar-refractivity contribution >= 4 is 21.6 Å². The molecule has 0 unspecified atom stereocenters. The van der Waals surface area contributed by atoms with Gasteiger partial charge in [-0.1, -0.05) is 36.4 Å². The minimum atomic E-state index is -3.29. The Morgan fingerprint density at radius 1 is 1.10 bits per heavy atom. The summed E-state index contributed by atoms with van der Waals surface area (Å²) < 4.78 is 32.0. The number of methoxy groups -OCH3 is 1. The van der Waals surface area contributed by atoms with E-state index in [1.807, 2.05) is 48.5 Å². The molecule has 1 saturated heterocycles. The third kappa shape index (κ3) is 6.05. The second-order valence-corrected chi connectivity index (χ2v) is 9.39. The van der Waals surface area contributed by atoms with Crippen LogP contribution in [-0.4, -0.2) is 44.6 Å². The highest BCUT2D eigenvalue weighted by Crippen LogP contribution is 2.23. The molecule has 0 aliphatic carbocycles. The number of amides is 1. The Morgan fingerprint density at radius 2 is 1.83 bits per heavy atom. The van der Waals surface area contributed by atoms with Crippen molar-refractivity contribution in [2.75, 3.05) is 31.3 Å². The number of nitrogens with zero attached hydrogens (tertiary/aromatic N) is 1. The number of hydrogen-bond acceptors (Lipinski definition) is 4. The molecule has 2 aromatic rings. The van der Waals surface area contributed by atoms with Crippen LogP contribution in [0.3, 0.4) is 0 Å². The normalized spacial score (nSPS) is 15.8. The number of carbonyl (C=O) groups excluding carboxylic acids is 1. The van der Waals surface area contributed by atoms with Gasteiger partial charge in [-0.2, -0.15) is 0 Å². The van der Waals surface area contributed by atoms with Crippen molar-refractivity contribution in [1.82, 2.24) is 4.31 Å². The SMILES string of the molecule is COc1cccc(NC(=O)C2CCN(S(=O)(=O)CCCc3ccccc3)CC2)c1. The van der Waals surface area contributed by atoms with Gasteiger partial charge in [-0.3, -0.25) is 4.79 Å². The van der Waals surface area contributed by atoms with Gasteiger partial charge in [-0.15, -0.1) is 0 Å². The van der Waals surface area contributed by atoms with Gasteiger partial charge < -0.3 is 10.1 Å². The molecule has 1 aliphatic heterocycles. The van der Waals surface area contributed by atoms with E-state index in [4.69, 9.17) is 4.74 Å². The Bertz CT molecular complexity index is 907. The first-order chi connectivity index (χ1) is 14.0. The Kier molecular flexibility index (Phi) is 7.28. The minimum Gasteiger partial charge on any atom is -0.497 e. The second kappa shape index (κ2) is 9.89. The lowest BCUT2D eigenvalue weighted by molar-refractivity contribution is -0.120. The van der Waals surface area contributed by atoms with Gasteiger partial charge in [-0.05, 0) is 43.4 Å². The molecular weight excluding hydrogens is 388 g/mol. The van der Waals surface area contributed by atoms with Gasteiger partial charge in [0.05, 0.1) is 12.9 Å². The van der Waals surface area contributed by atoms with E-state index in [0.717, 1.165) is 12.0 Å². The predicted octanol–water partition coefficient (Wildman–Crippen LogP) is 3.31. The number of piperidine rings is 1. The maximum absolute atomic E-state index is 12.6. The van der Waals surface area contributed by atoms with Gasteiger partial charge >= 0.3 is 0 Å². The summed E-state index contributed by atoms with van der Waals surface area (Å²) >= 11 is 0. The smallest absolute Gasteiger partial charge is 0.227 e. The van der Waals surface area contributed by atoms with E-state index >= 15 is 0 Å². The largest absolute Gasteiger partial charge is 0.497 e. The maximum atomic E-state index is 12.6. The first-order valence-electron chi connectivity index (χ1n) is 9.94. The molecule has 0 saturated carbocycles. The van der Waals surface area contributed by atoms with Crippen LogP contribution in [0.5, 0.6) is 5.75 Å². The van der Waals surface area contributed by atoms with Gasteiger partial charge in [0.1, 0.15) is 5.75 Å². The zero-order chi connectivity index (χ0) is 20.7. The number of nitrogens with one attached hydrogen (secondary N) is 1. The van der Waals surface area contributed by atoms with E-state index in [9.17, 15) is 13.2 Å². The monoisotopic (exact) mass is 416 g/mol. The summed E-state index contributed by atoms with van der Waals surface area (Å²) in [4.78, 5) is 12.5. The summed E-state index contributed by atoms with van der Waals surface area (Å²) in [5.41, 5.74) is 1.83. The first kappa shape index (κ1) is 21.3. The molecule has 3 rings (SSSR count). The quantitative estimate of drug-likeness (QED) is 0.716. The van der Waals surface area contributed by atoms with E-state index in [-0.39, 0.29) is 17.6 Å². The fourth-order valence-corrected chi connectivity index (χ4v) is 5.11. The molecule has 0 bridgehead atoms. The van der Waals surface area contributed by atoms with Crippen molar-refractivity contribution < 1.29 is 17.9 Å². The first-order valence-corrected chi connectivity index (χ1v) is 11.6. The molecule has 2 aromatic carbocycles. The molecular formula is C22H28N2O4S. The summed E-state index contributed by atoms with van der Waals surface area (Å²) in [5.74, 6) is 0.568. The molecule has 1 fully saturated rings. The summed E-state index contributed by atoms with van der Waals surface area (Å²) in [6, 6.07) is 17.1. The highest BCUT2D eigenvalue weighted by Gasteiger charge is 2.30. The van der Waals surface area contributed by atoms with Crippen LogP contribution in [0.1, 0.15) is 24.8 Å². The minimum absolute atomic E-state index is 0.0700. The number of ether oxygens (including phenoxy) is 1. The number of carbonyl (C=O) groups is 1. The highest BCUT2D eigenvalue weighted by molar-refractivity contribution is 7.89. The number of anilines is 1. The van der Waals surface area contributed by atoms with Crippen LogP contribution in [-0.2, 0) is 21.2 Å². The Labute approximate surface area is 172 Å². The Morgan fingerprint density at radius 3 is 2.52 bits per heavy atom. The van der Waals surface area contributed by atoms with Gasteiger partial charge in [0.2, 0.25) is 15.9 Å². The van der Waals surface area contributed by atoms with Crippen LogP contribution in [0.2, 0.25) is 0 Å². The number of hydrogen-bond donors (Lipinski definition) is 1. The van der Waals surface area contributed by atoms with Gasteiger partial charge in [0, 0.05) is 30.8 Å². The number of rotatable bonds is 8. The lowest BCUT2D eigenvalue weighted by Gasteiger charge is -2.30. The van der Waals surface area contributed by atoms with Crippen molar-refractivity contribution in [1.29, 1.82) is 0 Å². The molecule has 1 aliphatic rings. The van der Waals surface area contributed by atoms with Crippen molar-refractivity contribution in [3.05, 3.63) is 60.2 Å². The van der Waals surface area contributed by atoms with E-state index in [1.165, 1.54) is 4.31 Å². The zero-order valence-electron chi connectivity index (χ0n) is 16.7. The van der Waals surface area contributed by atoms with Crippen molar-refractivity contribution in [2.45, 2.75) is 25.7 Å². The molecule has 156 valence electrons. The zero-order valence-corrected chi connectivity index (χ0v) is 17.5. The molecule has 7 heteroatoms. The van der Waals surface area contributed by atoms with Gasteiger partial charge in [0.25, 0.3) is 0 Å². The van der Waals surface area contributed by atoms with E-state index in [2.05, 4.69) is 5.32 Å². The third-order valence-electron chi connectivity index (χ3n) is 5.27. The molecule has 0 radical (unpaired) electrons. The van der Waals surface area contributed by atoms with Crippen molar-refractivity contribution in [3.8, 4) is 5.75 Å². The molecule has 1 amide bonds. The average Bonchev–Trinajstić information content (AvgIpc) is 2.74. The summed E-state index contributed by atoms with van der Waals surface area (Å²) in [6.45, 7) is 0.785. The fourth-order valence-electron chi connectivity index (χ4n) is 3.57. The predicted molar refractivity (Wildman–Crippen MR) is 114 cm³/mol. The summed E-state index contributed by atoms with van der Waals surface area (Å²) in [5, 5.41) is 2.91. The number of benzene rings is 2. The number of aryl methyl sites for hydroxylation is 1. The third-order valence-corrected chi connectivity index (χ3v) is 7.22. The maximum Gasteiger partial charge on any atom is 0.227 e. The van der Waals surface area contributed by atoms with Crippen LogP contribution in [0.4, 0.5) is 5.69 Å². The Hall–Kier alpha value is -2.38. The Balaban J connectivity index is 1.46. The summed E-state index contributed by atoms with van der Waals surface area (Å²) in [7, 11) is -1.71. The van der Waals surface area contributed by atoms with E-state index in [0.29, 0.717) is 43.8 Å².